The lowest BCUT2D eigenvalue weighted by atomic mass is 9.91. The molecule has 1 saturated heterocycles. The lowest BCUT2D eigenvalue weighted by Gasteiger charge is -2.33. The maximum absolute atomic E-state index is 12.7. The van der Waals surface area contributed by atoms with Crippen LogP contribution in [0.4, 0.5) is 23.8 Å². The van der Waals surface area contributed by atoms with Crippen molar-refractivity contribution in [2.45, 2.75) is 26.4 Å². The van der Waals surface area contributed by atoms with Crippen LogP contribution in [0.1, 0.15) is 30.2 Å². The monoisotopic (exact) mass is 484 g/mol. The SMILES string of the molecule is Cc1cnc(NC(=O)N2CC/C(=C\c3cccc(Oc4ncc(C(F)(F)F)cn4)c3)C(C)C2)cn1. The van der Waals surface area contributed by atoms with Crippen molar-refractivity contribution in [1.82, 2.24) is 24.8 Å². The van der Waals surface area contributed by atoms with Gasteiger partial charge in [-0.25, -0.2) is 19.7 Å². The van der Waals surface area contributed by atoms with Gasteiger partial charge < -0.3 is 9.64 Å². The van der Waals surface area contributed by atoms with Gasteiger partial charge >= 0.3 is 18.2 Å². The van der Waals surface area contributed by atoms with E-state index in [-0.39, 0.29) is 18.0 Å². The van der Waals surface area contributed by atoms with Crippen LogP contribution in [0.3, 0.4) is 0 Å². The van der Waals surface area contributed by atoms with Gasteiger partial charge in [0.25, 0.3) is 0 Å². The van der Waals surface area contributed by atoms with Crippen LogP contribution in [-0.4, -0.2) is 44.0 Å². The molecule has 2 aromatic heterocycles. The summed E-state index contributed by atoms with van der Waals surface area (Å²) < 4.78 is 43.6. The van der Waals surface area contributed by atoms with E-state index in [1.165, 1.54) is 11.8 Å². The topological polar surface area (TPSA) is 93.1 Å². The Balaban J connectivity index is 1.38. The van der Waals surface area contributed by atoms with Crippen molar-refractivity contribution in [2.24, 2.45) is 5.92 Å². The Hall–Kier alpha value is -4.02. The number of nitrogens with zero attached hydrogens (tertiary/aromatic N) is 5. The molecule has 182 valence electrons. The van der Waals surface area contributed by atoms with Crippen LogP contribution < -0.4 is 10.1 Å². The summed E-state index contributed by atoms with van der Waals surface area (Å²) in [6.07, 6.45) is 2.71. The number of ether oxygens (including phenoxy) is 1. The molecule has 0 saturated carbocycles. The van der Waals surface area contributed by atoms with Gasteiger partial charge in [-0.05, 0) is 37.0 Å². The highest BCUT2D eigenvalue weighted by Crippen LogP contribution is 2.30. The van der Waals surface area contributed by atoms with Gasteiger partial charge in [-0.3, -0.25) is 10.3 Å². The van der Waals surface area contributed by atoms with Gasteiger partial charge in [0.15, 0.2) is 5.82 Å². The first kappa shape index (κ1) is 24.1. The molecule has 1 fully saturated rings. The van der Waals surface area contributed by atoms with Crippen LogP contribution in [-0.2, 0) is 6.18 Å². The standard InChI is InChI=1S/C24H23F3N6O2/c1-15-14-33(23(34)32-21-13-28-16(2)10-29-21)7-6-18(15)8-17-4-3-5-20(9-17)35-22-30-11-19(12-31-22)24(25,26)27/h3-5,8-13,15H,6-7,14H2,1-2H3,(H,29,32,34)/b18-8+. The number of carbonyl (C=O) groups excluding carboxylic acids is 1. The number of nitrogens with one attached hydrogen (secondary N) is 1. The molecule has 1 aliphatic rings. The number of piperidine rings is 1. The largest absolute Gasteiger partial charge is 0.424 e. The summed E-state index contributed by atoms with van der Waals surface area (Å²) in [5.41, 5.74) is 1.87. The number of amides is 2. The van der Waals surface area contributed by atoms with E-state index < -0.39 is 11.7 Å². The fourth-order valence-electron chi connectivity index (χ4n) is 3.60. The van der Waals surface area contributed by atoms with Crippen molar-refractivity contribution in [3.63, 3.8) is 0 Å². The number of likely N-dealkylation sites (tertiary alicyclic amines) is 1. The molecule has 1 unspecified atom stereocenters. The molecule has 1 N–H and O–H groups in total. The lowest BCUT2D eigenvalue weighted by molar-refractivity contribution is -0.138. The van der Waals surface area contributed by atoms with E-state index in [1.54, 1.807) is 29.3 Å². The molecule has 3 aromatic rings. The van der Waals surface area contributed by atoms with Crippen molar-refractivity contribution >= 4 is 17.9 Å². The lowest BCUT2D eigenvalue weighted by Crippen LogP contribution is -2.42. The summed E-state index contributed by atoms with van der Waals surface area (Å²) >= 11 is 0. The van der Waals surface area contributed by atoms with Crippen molar-refractivity contribution < 1.29 is 22.7 Å². The maximum Gasteiger partial charge on any atom is 0.419 e. The average Bonchev–Trinajstić information content (AvgIpc) is 2.82. The highest BCUT2D eigenvalue weighted by Gasteiger charge is 2.31. The highest BCUT2D eigenvalue weighted by atomic mass is 19.4. The molecule has 1 aliphatic heterocycles. The summed E-state index contributed by atoms with van der Waals surface area (Å²) in [6.45, 7) is 4.97. The minimum absolute atomic E-state index is 0.126. The second kappa shape index (κ2) is 10.1. The van der Waals surface area contributed by atoms with Gasteiger partial charge in [0, 0.05) is 25.5 Å². The molecular formula is C24H23F3N6O2. The number of aromatic nitrogens is 4. The summed E-state index contributed by atoms with van der Waals surface area (Å²) in [7, 11) is 0. The molecule has 0 bridgehead atoms. The zero-order valence-electron chi connectivity index (χ0n) is 19.1. The molecule has 11 heteroatoms. The van der Waals surface area contributed by atoms with Gasteiger partial charge in [-0.2, -0.15) is 13.2 Å². The molecule has 35 heavy (non-hydrogen) atoms. The third kappa shape index (κ3) is 6.31. The second-order valence-corrected chi connectivity index (χ2v) is 8.22. The number of alkyl halides is 3. The summed E-state index contributed by atoms with van der Waals surface area (Å²) in [5.74, 6) is 0.938. The van der Waals surface area contributed by atoms with Gasteiger partial charge in [-0.1, -0.05) is 30.7 Å². The first-order valence-corrected chi connectivity index (χ1v) is 10.9. The molecule has 8 nitrogen and oxygen atoms in total. The summed E-state index contributed by atoms with van der Waals surface area (Å²) in [4.78, 5) is 29.9. The van der Waals surface area contributed by atoms with Crippen LogP contribution in [0.25, 0.3) is 6.08 Å². The zero-order chi connectivity index (χ0) is 25.0. The van der Waals surface area contributed by atoms with E-state index in [2.05, 4.69) is 25.3 Å². The smallest absolute Gasteiger partial charge is 0.419 e. The van der Waals surface area contributed by atoms with E-state index in [0.29, 0.717) is 43.5 Å². The van der Waals surface area contributed by atoms with Crippen molar-refractivity contribution in [1.29, 1.82) is 0 Å². The van der Waals surface area contributed by atoms with Gasteiger partial charge in [0.2, 0.25) is 0 Å². The van der Waals surface area contributed by atoms with Gasteiger partial charge in [0.1, 0.15) is 5.75 Å². The Labute approximate surface area is 199 Å². The quantitative estimate of drug-likeness (QED) is 0.537. The van der Waals surface area contributed by atoms with E-state index in [9.17, 15) is 18.0 Å². The molecule has 0 aliphatic carbocycles. The first-order valence-electron chi connectivity index (χ1n) is 10.9. The number of hydrogen-bond donors (Lipinski definition) is 1. The number of rotatable bonds is 4. The number of benzene rings is 1. The Morgan fingerprint density at radius 3 is 2.57 bits per heavy atom. The predicted molar refractivity (Wildman–Crippen MR) is 123 cm³/mol. The summed E-state index contributed by atoms with van der Waals surface area (Å²) in [5, 5.41) is 2.77. The molecule has 2 amide bonds. The highest BCUT2D eigenvalue weighted by molar-refractivity contribution is 5.88. The van der Waals surface area contributed by atoms with Crippen molar-refractivity contribution in [3.05, 3.63) is 71.4 Å². The van der Waals surface area contributed by atoms with E-state index in [1.807, 2.05) is 26.0 Å². The van der Waals surface area contributed by atoms with E-state index in [0.717, 1.165) is 11.3 Å². The number of aryl methyl sites for hydroxylation is 1. The minimum Gasteiger partial charge on any atom is -0.424 e. The molecule has 3 heterocycles. The van der Waals surface area contributed by atoms with Gasteiger partial charge in [0.05, 0.1) is 23.7 Å². The first-order chi connectivity index (χ1) is 16.7. The number of halogens is 3. The molecule has 1 atom stereocenters. The average molecular weight is 484 g/mol. The Kier molecular flexibility index (Phi) is 6.94. The van der Waals surface area contributed by atoms with Crippen LogP contribution >= 0.6 is 0 Å². The summed E-state index contributed by atoms with van der Waals surface area (Å²) in [6, 6.07) is 6.72. The predicted octanol–water partition coefficient (Wildman–Crippen LogP) is 5.34. The van der Waals surface area contributed by atoms with E-state index >= 15 is 0 Å². The number of carbonyl (C=O) groups is 1. The third-order valence-electron chi connectivity index (χ3n) is 5.48. The van der Waals surface area contributed by atoms with Crippen LogP contribution in [0.2, 0.25) is 0 Å². The van der Waals surface area contributed by atoms with Crippen molar-refractivity contribution in [2.75, 3.05) is 18.4 Å². The van der Waals surface area contributed by atoms with Gasteiger partial charge in [-0.15, -0.1) is 0 Å². The Bertz CT molecular complexity index is 1210. The molecule has 1 aromatic carbocycles. The normalized spacial score (nSPS) is 17.3. The fourth-order valence-corrected chi connectivity index (χ4v) is 3.60. The molecular weight excluding hydrogens is 461 g/mol. The maximum atomic E-state index is 12.7. The zero-order valence-corrected chi connectivity index (χ0v) is 19.1. The van der Waals surface area contributed by atoms with Crippen molar-refractivity contribution in [3.8, 4) is 11.8 Å². The Morgan fingerprint density at radius 1 is 1.14 bits per heavy atom. The molecule has 0 spiro atoms. The third-order valence-corrected chi connectivity index (χ3v) is 5.48. The fraction of sp³-hybridized carbons (Fsp3) is 0.292. The number of anilines is 1. The van der Waals surface area contributed by atoms with E-state index in [4.69, 9.17) is 4.74 Å². The van der Waals surface area contributed by atoms with Crippen LogP contribution in [0, 0.1) is 12.8 Å². The minimum atomic E-state index is -4.51. The number of hydrogen-bond acceptors (Lipinski definition) is 6. The van der Waals surface area contributed by atoms with Crippen LogP contribution in [0.5, 0.6) is 11.8 Å². The van der Waals surface area contributed by atoms with Crippen LogP contribution in [0.15, 0.2) is 54.6 Å². The number of urea groups is 1. The molecule has 0 radical (unpaired) electrons. The molecule has 4 rings (SSSR count). The Morgan fingerprint density at radius 2 is 1.91 bits per heavy atom. The second-order valence-electron chi connectivity index (χ2n) is 8.22.